The Balaban J connectivity index is 1.90. The third kappa shape index (κ3) is 4.57. The summed E-state index contributed by atoms with van der Waals surface area (Å²) in [5.41, 5.74) is 1.40. The lowest BCUT2D eigenvalue weighted by Gasteiger charge is -2.11. The number of phenols is 2. The number of ether oxygens (including phenoxy) is 1. The molecule has 3 aromatic carbocycles. The molecule has 1 aromatic heterocycles. The topological polar surface area (TPSA) is 140 Å². The number of hydrogen-bond donors (Lipinski definition) is 2. The molecule has 0 saturated carbocycles. The molecular weight excluding hydrogens is 458 g/mol. The lowest BCUT2D eigenvalue weighted by molar-refractivity contribution is 0.0600. The molecule has 0 radical (unpaired) electrons. The summed E-state index contributed by atoms with van der Waals surface area (Å²) < 4.78 is 28.4. The van der Waals surface area contributed by atoms with Crippen molar-refractivity contribution in [2.24, 2.45) is 0 Å². The van der Waals surface area contributed by atoms with Gasteiger partial charge < -0.3 is 14.9 Å². The number of methoxy groups -OCH3 is 1. The van der Waals surface area contributed by atoms with E-state index < -0.39 is 15.8 Å². The Hall–Kier alpha value is -4.31. The van der Waals surface area contributed by atoms with Crippen LogP contribution >= 0.6 is 0 Å². The highest BCUT2D eigenvalue weighted by molar-refractivity contribution is 7.90. The Morgan fingerprint density at radius 3 is 1.94 bits per heavy atom. The fourth-order valence-corrected chi connectivity index (χ4v) is 3.85. The molecule has 10 heteroatoms. The van der Waals surface area contributed by atoms with E-state index in [1.54, 1.807) is 42.5 Å². The largest absolute Gasteiger partial charge is 0.507 e. The van der Waals surface area contributed by atoms with Crippen molar-refractivity contribution >= 4 is 15.8 Å². The molecule has 34 heavy (non-hydrogen) atoms. The summed E-state index contributed by atoms with van der Waals surface area (Å²) in [7, 11) is -2.24. The highest BCUT2D eigenvalue weighted by Crippen LogP contribution is 2.33. The molecule has 0 spiro atoms. The minimum absolute atomic E-state index is 0.0525. The summed E-state index contributed by atoms with van der Waals surface area (Å²) in [6.07, 6.45) is 1.04. The van der Waals surface area contributed by atoms with Gasteiger partial charge in [-0.1, -0.05) is 24.3 Å². The van der Waals surface area contributed by atoms with Crippen molar-refractivity contribution in [3.8, 4) is 45.7 Å². The predicted molar refractivity (Wildman–Crippen MR) is 124 cm³/mol. The summed E-state index contributed by atoms with van der Waals surface area (Å²) in [6, 6.07) is 16.7. The molecule has 9 nitrogen and oxygen atoms in total. The summed E-state index contributed by atoms with van der Waals surface area (Å²) in [4.78, 5) is 25.0. The van der Waals surface area contributed by atoms with Crippen LogP contribution in [0.3, 0.4) is 0 Å². The van der Waals surface area contributed by atoms with Gasteiger partial charge in [0.25, 0.3) is 0 Å². The van der Waals surface area contributed by atoms with Crippen LogP contribution in [0.25, 0.3) is 34.2 Å². The fraction of sp³-hybridized carbons (Fsp3) is 0.0833. The SMILES string of the molecule is COC(=O)c1ccc(-c2nc(-c3ccccc3O)nc(-c3ccc(S(C)(=O)=O)cc3O)n2)cc1. The van der Waals surface area contributed by atoms with E-state index in [4.69, 9.17) is 4.74 Å². The number of benzene rings is 3. The van der Waals surface area contributed by atoms with Crippen LogP contribution in [0.2, 0.25) is 0 Å². The van der Waals surface area contributed by atoms with Crippen LogP contribution in [-0.2, 0) is 14.6 Å². The lowest BCUT2D eigenvalue weighted by Crippen LogP contribution is -2.03. The zero-order chi connectivity index (χ0) is 24.5. The molecule has 0 fully saturated rings. The van der Waals surface area contributed by atoms with Gasteiger partial charge in [0.15, 0.2) is 27.3 Å². The van der Waals surface area contributed by atoms with Gasteiger partial charge in [-0.3, -0.25) is 0 Å². The molecule has 0 aliphatic heterocycles. The Kier molecular flexibility index (Phi) is 5.99. The van der Waals surface area contributed by atoms with E-state index in [2.05, 4.69) is 15.0 Å². The van der Waals surface area contributed by atoms with Gasteiger partial charge in [-0.05, 0) is 42.5 Å². The number of rotatable bonds is 5. The van der Waals surface area contributed by atoms with E-state index in [1.807, 2.05) is 0 Å². The average Bonchev–Trinajstić information content (AvgIpc) is 2.83. The van der Waals surface area contributed by atoms with Gasteiger partial charge >= 0.3 is 5.97 Å². The van der Waals surface area contributed by atoms with E-state index in [9.17, 15) is 23.4 Å². The maximum Gasteiger partial charge on any atom is 0.337 e. The van der Waals surface area contributed by atoms with Crippen molar-refractivity contribution in [3.63, 3.8) is 0 Å². The number of carbonyl (C=O) groups is 1. The quantitative estimate of drug-likeness (QED) is 0.413. The van der Waals surface area contributed by atoms with Gasteiger partial charge in [0, 0.05) is 11.8 Å². The number of carbonyl (C=O) groups excluding carboxylic acids is 1. The van der Waals surface area contributed by atoms with E-state index >= 15 is 0 Å². The van der Waals surface area contributed by atoms with Crippen LogP contribution in [0.5, 0.6) is 11.5 Å². The van der Waals surface area contributed by atoms with Crippen molar-refractivity contribution < 1.29 is 28.2 Å². The number of sulfone groups is 1. The van der Waals surface area contributed by atoms with Crippen LogP contribution in [-0.4, -0.2) is 52.9 Å². The number of esters is 1. The van der Waals surface area contributed by atoms with Crippen LogP contribution in [0.1, 0.15) is 10.4 Å². The molecule has 0 atom stereocenters. The Bertz CT molecular complexity index is 1500. The van der Waals surface area contributed by atoms with Crippen LogP contribution < -0.4 is 0 Å². The van der Waals surface area contributed by atoms with Crippen molar-refractivity contribution in [3.05, 3.63) is 72.3 Å². The third-order valence-electron chi connectivity index (χ3n) is 4.98. The predicted octanol–water partition coefficient (Wildman–Crippen LogP) is 3.47. The summed E-state index contributed by atoms with van der Waals surface area (Å²) in [6.45, 7) is 0. The maximum atomic E-state index is 11.8. The van der Waals surface area contributed by atoms with Crippen molar-refractivity contribution in [1.82, 2.24) is 15.0 Å². The molecule has 0 aliphatic rings. The van der Waals surface area contributed by atoms with Crippen LogP contribution in [0.15, 0.2) is 71.6 Å². The molecule has 0 saturated heterocycles. The highest BCUT2D eigenvalue weighted by Gasteiger charge is 2.18. The zero-order valence-corrected chi connectivity index (χ0v) is 18.9. The highest BCUT2D eigenvalue weighted by atomic mass is 32.2. The van der Waals surface area contributed by atoms with E-state index in [1.165, 1.54) is 25.3 Å². The first-order valence-corrected chi connectivity index (χ1v) is 11.8. The second-order valence-electron chi connectivity index (χ2n) is 7.34. The fourth-order valence-electron chi connectivity index (χ4n) is 3.21. The molecular formula is C24H19N3O6S. The number of aromatic nitrogens is 3. The molecule has 0 unspecified atom stereocenters. The second kappa shape index (κ2) is 8.91. The van der Waals surface area contributed by atoms with Gasteiger partial charge in [-0.2, -0.15) is 0 Å². The van der Waals surface area contributed by atoms with E-state index in [0.29, 0.717) is 16.7 Å². The minimum atomic E-state index is -3.53. The molecule has 4 rings (SSSR count). The third-order valence-corrected chi connectivity index (χ3v) is 6.09. The molecule has 2 N–H and O–H groups in total. The number of phenolic OH excluding ortho intramolecular Hbond substituents is 2. The molecule has 0 bridgehead atoms. The van der Waals surface area contributed by atoms with E-state index in [-0.39, 0.29) is 39.4 Å². The number of hydrogen-bond acceptors (Lipinski definition) is 9. The maximum absolute atomic E-state index is 11.8. The van der Waals surface area contributed by atoms with Gasteiger partial charge in [0.2, 0.25) is 0 Å². The molecule has 172 valence electrons. The number of nitrogens with zero attached hydrogens (tertiary/aromatic N) is 3. The van der Waals surface area contributed by atoms with Gasteiger partial charge in [0.1, 0.15) is 11.5 Å². The first kappa shape index (κ1) is 22.9. The smallest absolute Gasteiger partial charge is 0.337 e. The normalized spacial score (nSPS) is 11.2. The van der Waals surface area contributed by atoms with E-state index in [0.717, 1.165) is 12.3 Å². The van der Waals surface area contributed by atoms with Crippen molar-refractivity contribution in [1.29, 1.82) is 0 Å². The first-order chi connectivity index (χ1) is 16.2. The van der Waals surface area contributed by atoms with Crippen LogP contribution in [0.4, 0.5) is 0 Å². The minimum Gasteiger partial charge on any atom is -0.507 e. The Labute approximate surface area is 195 Å². The van der Waals surface area contributed by atoms with Gasteiger partial charge in [-0.15, -0.1) is 0 Å². The second-order valence-corrected chi connectivity index (χ2v) is 9.36. The first-order valence-electron chi connectivity index (χ1n) is 9.94. The summed E-state index contributed by atoms with van der Waals surface area (Å²) >= 11 is 0. The summed E-state index contributed by atoms with van der Waals surface area (Å²) in [5.74, 6) is -0.452. The Morgan fingerprint density at radius 2 is 1.38 bits per heavy atom. The number of para-hydroxylation sites is 1. The average molecular weight is 477 g/mol. The molecule has 4 aromatic rings. The van der Waals surface area contributed by atoms with Crippen molar-refractivity contribution in [2.45, 2.75) is 4.90 Å². The zero-order valence-electron chi connectivity index (χ0n) is 18.1. The molecule has 0 amide bonds. The van der Waals surface area contributed by atoms with Crippen molar-refractivity contribution in [2.75, 3.05) is 13.4 Å². The molecule has 0 aliphatic carbocycles. The molecule has 1 heterocycles. The Morgan fingerprint density at radius 1 is 0.794 bits per heavy atom. The lowest BCUT2D eigenvalue weighted by atomic mass is 10.1. The standard InChI is InChI=1S/C24H19N3O6S/c1-33-24(30)15-9-7-14(8-10-15)21-25-22(17-5-3-4-6-19(17)28)27-23(26-21)18-12-11-16(13-20(18)29)34(2,31)32/h3-13,28-29H,1-2H3. The number of aromatic hydroxyl groups is 2. The van der Waals surface area contributed by atoms with Gasteiger partial charge in [-0.25, -0.2) is 28.2 Å². The monoisotopic (exact) mass is 477 g/mol. The van der Waals surface area contributed by atoms with Gasteiger partial charge in [0.05, 0.1) is 28.7 Å². The summed E-state index contributed by atoms with van der Waals surface area (Å²) in [5, 5.41) is 20.9. The van der Waals surface area contributed by atoms with Crippen LogP contribution in [0, 0.1) is 0 Å².